The Kier molecular flexibility index (Phi) is 5.11. The van der Waals surface area contributed by atoms with Gasteiger partial charge in [0.1, 0.15) is 5.82 Å². The molecule has 0 amide bonds. The Bertz CT molecular complexity index is 570. The number of halogens is 2. The molecule has 0 radical (unpaired) electrons. The van der Waals surface area contributed by atoms with Crippen LogP contribution in [-0.4, -0.2) is 9.78 Å². The van der Waals surface area contributed by atoms with Crippen LogP contribution in [0.15, 0.2) is 30.5 Å². The number of rotatable bonds is 6. The Balaban J connectivity index is 2.29. The molecule has 0 aliphatic heterocycles. The SMILES string of the molecule is CCCn1ncc(Cl)c1C(Cc1ccccc1F)NN. The van der Waals surface area contributed by atoms with Crippen molar-refractivity contribution in [2.24, 2.45) is 5.84 Å². The Labute approximate surface area is 122 Å². The zero-order chi connectivity index (χ0) is 14.5. The lowest BCUT2D eigenvalue weighted by Gasteiger charge is -2.18. The third-order valence-electron chi connectivity index (χ3n) is 3.18. The smallest absolute Gasteiger partial charge is 0.126 e. The summed E-state index contributed by atoms with van der Waals surface area (Å²) in [6.45, 7) is 2.80. The molecular weight excluding hydrogens is 279 g/mol. The molecule has 3 N–H and O–H groups in total. The van der Waals surface area contributed by atoms with E-state index in [0.717, 1.165) is 18.7 Å². The van der Waals surface area contributed by atoms with E-state index in [0.29, 0.717) is 17.0 Å². The van der Waals surface area contributed by atoms with Crippen molar-refractivity contribution in [3.8, 4) is 0 Å². The summed E-state index contributed by atoms with van der Waals surface area (Å²) in [5.41, 5.74) is 4.09. The summed E-state index contributed by atoms with van der Waals surface area (Å²) in [5, 5.41) is 4.77. The maximum Gasteiger partial charge on any atom is 0.126 e. The van der Waals surface area contributed by atoms with Crippen LogP contribution in [0.1, 0.15) is 30.6 Å². The van der Waals surface area contributed by atoms with Crippen molar-refractivity contribution in [2.45, 2.75) is 32.4 Å². The van der Waals surface area contributed by atoms with Crippen molar-refractivity contribution in [3.63, 3.8) is 0 Å². The third-order valence-corrected chi connectivity index (χ3v) is 3.47. The predicted octanol–water partition coefficient (Wildman–Crippen LogP) is 2.83. The zero-order valence-electron chi connectivity index (χ0n) is 11.3. The number of nitrogens with one attached hydrogen (secondary N) is 1. The van der Waals surface area contributed by atoms with E-state index in [1.807, 2.05) is 4.68 Å². The van der Waals surface area contributed by atoms with Crippen LogP contribution < -0.4 is 11.3 Å². The van der Waals surface area contributed by atoms with E-state index in [9.17, 15) is 4.39 Å². The van der Waals surface area contributed by atoms with Crippen molar-refractivity contribution < 1.29 is 4.39 Å². The number of hydrazine groups is 1. The topological polar surface area (TPSA) is 55.9 Å². The number of hydrogen-bond acceptors (Lipinski definition) is 3. The van der Waals surface area contributed by atoms with Gasteiger partial charge >= 0.3 is 0 Å². The average molecular weight is 297 g/mol. The fraction of sp³-hybridized carbons (Fsp3) is 0.357. The van der Waals surface area contributed by atoms with Crippen molar-refractivity contribution in [1.82, 2.24) is 15.2 Å². The highest BCUT2D eigenvalue weighted by Gasteiger charge is 2.20. The van der Waals surface area contributed by atoms with Crippen LogP contribution in [-0.2, 0) is 13.0 Å². The summed E-state index contributed by atoms with van der Waals surface area (Å²) in [6, 6.07) is 6.37. The average Bonchev–Trinajstić information content (AvgIpc) is 2.80. The van der Waals surface area contributed by atoms with E-state index in [2.05, 4.69) is 17.4 Å². The molecule has 4 nitrogen and oxygen atoms in total. The summed E-state index contributed by atoms with van der Waals surface area (Å²) in [7, 11) is 0. The monoisotopic (exact) mass is 296 g/mol. The Morgan fingerprint density at radius 2 is 2.20 bits per heavy atom. The fourth-order valence-corrected chi connectivity index (χ4v) is 2.50. The maximum absolute atomic E-state index is 13.8. The lowest BCUT2D eigenvalue weighted by Crippen LogP contribution is -2.32. The Morgan fingerprint density at radius 3 is 2.85 bits per heavy atom. The molecule has 108 valence electrons. The van der Waals surface area contributed by atoms with Gasteiger partial charge < -0.3 is 0 Å². The number of benzene rings is 1. The third kappa shape index (κ3) is 3.17. The molecule has 2 rings (SSSR count). The summed E-state index contributed by atoms with van der Waals surface area (Å²) < 4.78 is 15.6. The first-order chi connectivity index (χ1) is 9.67. The minimum atomic E-state index is -0.284. The summed E-state index contributed by atoms with van der Waals surface area (Å²) in [6.07, 6.45) is 2.94. The van der Waals surface area contributed by atoms with Crippen LogP contribution in [0.4, 0.5) is 4.39 Å². The highest BCUT2D eigenvalue weighted by atomic mass is 35.5. The summed E-state index contributed by atoms with van der Waals surface area (Å²) >= 11 is 6.19. The van der Waals surface area contributed by atoms with Crippen LogP contribution in [0.25, 0.3) is 0 Å². The number of nitrogens with two attached hydrogens (primary N) is 1. The minimum absolute atomic E-state index is 0.245. The van der Waals surface area contributed by atoms with Crippen LogP contribution in [0.3, 0.4) is 0 Å². The number of nitrogens with zero attached hydrogens (tertiary/aromatic N) is 2. The first kappa shape index (κ1) is 15.0. The molecule has 1 atom stereocenters. The second-order valence-electron chi connectivity index (χ2n) is 4.62. The van der Waals surface area contributed by atoms with Gasteiger partial charge in [-0.25, -0.2) is 4.39 Å². The molecule has 20 heavy (non-hydrogen) atoms. The molecular formula is C14H18ClFN4. The van der Waals surface area contributed by atoms with Gasteiger partial charge in [-0.2, -0.15) is 5.10 Å². The van der Waals surface area contributed by atoms with Crippen molar-refractivity contribution >= 4 is 11.6 Å². The molecule has 0 saturated heterocycles. The molecule has 1 unspecified atom stereocenters. The molecule has 1 aromatic carbocycles. The van der Waals surface area contributed by atoms with E-state index < -0.39 is 0 Å². The van der Waals surface area contributed by atoms with Gasteiger partial charge in [0, 0.05) is 6.54 Å². The van der Waals surface area contributed by atoms with Crippen LogP contribution >= 0.6 is 11.6 Å². The van der Waals surface area contributed by atoms with E-state index in [-0.39, 0.29) is 11.9 Å². The quantitative estimate of drug-likeness (QED) is 0.636. The summed E-state index contributed by atoms with van der Waals surface area (Å²) in [5.74, 6) is 5.38. The molecule has 1 heterocycles. The van der Waals surface area contributed by atoms with E-state index in [4.69, 9.17) is 17.4 Å². The van der Waals surface area contributed by atoms with Crippen LogP contribution in [0, 0.1) is 5.82 Å². The normalized spacial score (nSPS) is 12.6. The molecule has 0 fully saturated rings. The Hall–Kier alpha value is -1.43. The molecule has 1 aromatic heterocycles. The largest absolute Gasteiger partial charge is 0.271 e. The highest BCUT2D eigenvalue weighted by Crippen LogP contribution is 2.26. The molecule has 0 saturated carbocycles. The van der Waals surface area contributed by atoms with Gasteiger partial charge in [-0.3, -0.25) is 16.0 Å². The van der Waals surface area contributed by atoms with Crippen LogP contribution in [0.2, 0.25) is 5.02 Å². The minimum Gasteiger partial charge on any atom is -0.271 e. The first-order valence-electron chi connectivity index (χ1n) is 6.58. The highest BCUT2D eigenvalue weighted by molar-refractivity contribution is 6.31. The standard InChI is InChI=1S/C14H18ClFN4/c1-2-7-20-14(11(15)9-18-20)13(19-17)8-10-5-3-4-6-12(10)16/h3-6,9,13,19H,2,7-8,17H2,1H3. The zero-order valence-corrected chi connectivity index (χ0v) is 12.1. The lowest BCUT2D eigenvalue weighted by atomic mass is 10.0. The second-order valence-corrected chi connectivity index (χ2v) is 5.02. The van der Waals surface area contributed by atoms with Crippen molar-refractivity contribution in [1.29, 1.82) is 0 Å². The predicted molar refractivity (Wildman–Crippen MR) is 77.7 cm³/mol. The van der Waals surface area contributed by atoms with E-state index in [1.54, 1.807) is 24.4 Å². The molecule has 0 aliphatic rings. The molecule has 0 aliphatic carbocycles. The first-order valence-corrected chi connectivity index (χ1v) is 6.95. The molecule has 6 heteroatoms. The fourth-order valence-electron chi connectivity index (χ4n) is 2.23. The number of aromatic nitrogens is 2. The molecule has 2 aromatic rings. The number of aryl methyl sites for hydroxylation is 1. The number of hydrogen-bond donors (Lipinski definition) is 2. The second kappa shape index (κ2) is 6.83. The summed E-state index contributed by atoms with van der Waals surface area (Å²) in [4.78, 5) is 0. The lowest BCUT2D eigenvalue weighted by molar-refractivity contribution is 0.470. The van der Waals surface area contributed by atoms with Gasteiger partial charge in [0.25, 0.3) is 0 Å². The maximum atomic E-state index is 13.8. The van der Waals surface area contributed by atoms with Gasteiger partial charge in [-0.1, -0.05) is 36.7 Å². The van der Waals surface area contributed by atoms with E-state index in [1.165, 1.54) is 6.07 Å². The molecule has 0 bridgehead atoms. The van der Waals surface area contributed by atoms with Gasteiger partial charge in [-0.15, -0.1) is 0 Å². The van der Waals surface area contributed by atoms with Gasteiger partial charge in [0.2, 0.25) is 0 Å². The van der Waals surface area contributed by atoms with E-state index >= 15 is 0 Å². The van der Waals surface area contributed by atoms with Crippen molar-refractivity contribution in [2.75, 3.05) is 0 Å². The van der Waals surface area contributed by atoms with Gasteiger partial charge in [0.15, 0.2) is 0 Å². The van der Waals surface area contributed by atoms with Crippen molar-refractivity contribution in [3.05, 3.63) is 52.6 Å². The Morgan fingerprint density at radius 1 is 1.45 bits per heavy atom. The van der Waals surface area contributed by atoms with Crippen LogP contribution in [0.5, 0.6) is 0 Å². The molecule has 0 spiro atoms. The van der Waals surface area contributed by atoms with Gasteiger partial charge in [0.05, 0.1) is 23.0 Å². The van der Waals surface area contributed by atoms with Gasteiger partial charge in [-0.05, 0) is 24.5 Å².